The van der Waals surface area contributed by atoms with Crippen LogP contribution in [0.1, 0.15) is 49.0 Å². The van der Waals surface area contributed by atoms with Crippen LogP contribution in [0.4, 0.5) is 0 Å². The SMILES string of the molecule is CCC1(CC)CC(=O)c2cc(-c3ccc(C)cc3)c(-c3ccccc3Cl)nc2O1. The van der Waals surface area contributed by atoms with E-state index in [1.807, 2.05) is 30.3 Å². The van der Waals surface area contributed by atoms with Crippen LogP contribution in [0.2, 0.25) is 5.02 Å². The lowest BCUT2D eigenvalue weighted by Crippen LogP contribution is -2.41. The number of hydrogen-bond acceptors (Lipinski definition) is 3. The van der Waals surface area contributed by atoms with Gasteiger partial charge in [0.1, 0.15) is 5.60 Å². The molecule has 3 aromatic rings. The highest BCUT2D eigenvalue weighted by molar-refractivity contribution is 6.33. The number of hydrogen-bond donors (Lipinski definition) is 0. The molecule has 2 heterocycles. The fourth-order valence-corrected chi connectivity index (χ4v) is 4.08. The molecular formula is C25H24ClNO2. The molecule has 29 heavy (non-hydrogen) atoms. The summed E-state index contributed by atoms with van der Waals surface area (Å²) >= 11 is 6.52. The quantitative estimate of drug-likeness (QED) is 0.473. The second-order valence-corrected chi connectivity index (χ2v) is 8.08. The number of pyridine rings is 1. The van der Waals surface area contributed by atoms with E-state index in [-0.39, 0.29) is 5.78 Å². The molecule has 4 rings (SSSR count). The minimum atomic E-state index is -0.486. The minimum absolute atomic E-state index is 0.0847. The second kappa shape index (κ2) is 7.64. The summed E-state index contributed by atoms with van der Waals surface area (Å²) in [6, 6.07) is 17.8. The first kappa shape index (κ1) is 19.7. The Morgan fingerprint density at radius 2 is 1.69 bits per heavy atom. The van der Waals surface area contributed by atoms with Gasteiger partial charge in [0.15, 0.2) is 5.78 Å². The highest BCUT2D eigenvalue weighted by Crippen LogP contribution is 2.42. The van der Waals surface area contributed by atoms with Crippen molar-refractivity contribution in [3.63, 3.8) is 0 Å². The van der Waals surface area contributed by atoms with Gasteiger partial charge >= 0.3 is 0 Å². The first-order chi connectivity index (χ1) is 14.0. The fraction of sp³-hybridized carbons (Fsp3) is 0.280. The largest absolute Gasteiger partial charge is 0.470 e. The predicted octanol–water partition coefficient (Wildman–Crippen LogP) is 6.90. The Bertz CT molecular complexity index is 1070. The Morgan fingerprint density at radius 3 is 2.34 bits per heavy atom. The van der Waals surface area contributed by atoms with Crippen LogP contribution < -0.4 is 4.74 Å². The van der Waals surface area contributed by atoms with Crippen molar-refractivity contribution in [2.75, 3.05) is 0 Å². The van der Waals surface area contributed by atoms with E-state index < -0.39 is 5.60 Å². The van der Waals surface area contributed by atoms with Crippen molar-refractivity contribution in [1.29, 1.82) is 0 Å². The van der Waals surface area contributed by atoms with Gasteiger partial charge < -0.3 is 4.74 Å². The molecule has 0 atom stereocenters. The van der Waals surface area contributed by atoms with Gasteiger partial charge in [0, 0.05) is 16.1 Å². The maximum atomic E-state index is 13.0. The molecule has 0 N–H and O–H groups in total. The lowest BCUT2D eigenvalue weighted by atomic mass is 9.85. The van der Waals surface area contributed by atoms with Gasteiger partial charge in [-0.25, -0.2) is 4.98 Å². The van der Waals surface area contributed by atoms with Gasteiger partial charge in [-0.05, 0) is 37.5 Å². The van der Waals surface area contributed by atoms with Crippen LogP contribution in [0.15, 0.2) is 54.6 Å². The van der Waals surface area contributed by atoms with Gasteiger partial charge in [-0.3, -0.25) is 4.79 Å². The van der Waals surface area contributed by atoms with Crippen molar-refractivity contribution >= 4 is 17.4 Å². The summed E-state index contributed by atoms with van der Waals surface area (Å²) in [5, 5.41) is 0.618. The number of benzene rings is 2. The van der Waals surface area contributed by atoms with Crippen LogP contribution in [0.3, 0.4) is 0 Å². The molecule has 3 nitrogen and oxygen atoms in total. The third-order valence-corrected chi connectivity index (χ3v) is 6.19. The Morgan fingerprint density at radius 1 is 1.00 bits per heavy atom. The number of carbonyl (C=O) groups excluding carboxylic acids is 1. The fourth-order valence-electron chi connectivity index (χ4n) is 3.86. The molecule has 0 unspecified atom stereocenters. The topological polar surface area (TPSA) is 39.2 Å². The maximum Gasteiger partial charge on any atom is 0.225 e. The van der Waals surface area contributed by atoms with Crippen molar-refractivity contribution in [3.05, 3.63) is 70.7 Å². The summed E-state index contributed by atoms with van der Waals surface area (Å²) in [7, 11) is 0. The zero-order valence-electron chi connectivity index (χ0n) is 17.0. The van der Waals surface area contributed by atoms with Crippen LogP contribution in [0.25, 0.3) is 22.4 Å². The molecule has 0 radical (unpaired) electrons. The third-order valence-electron chi connectivity index (χ3n) is 5.86. The van der Waals surface area contributed by atoms with Gasteiger partial charge in [-0.15, -0.1) is 0 Å². The Hall–Kier alpha value is -2.65. The van der Waals surface area contributed by atoms with Crippen LogP contribution in [0.5, 0.6) is 5.88 Å². The van der Waals surface area contributed by atoms with E-state index in [4.69, 9.17) is 21.3 Å². The number of halogens is 1. The second-order valence-electron chi connectivity index (χ2n) is 7.68. The molecular weight excluding hydrogens is 382 g/mol. The van der Waals surface area contributed by atoms with Gasteiger partial charge in [-0.2, -0.15) is 0 Å². The number of rotatable bonds is 4. The zero-order valence-corrected chi connectivity index (χ0v) is 17.7. The molecule has 1 aliphatic rings. The highest BCUT2D eigenvalue weighted by atomic mass is 35.5. The normalized spacial score (nSPS) is 15.0. The van der Waals surface area contributed by atoms with Crippen LogP contribution >= 0.6 is 11.6 Å². The minimum Gasteiger partial charge on any atom is -0.470 e. The maximum absolute atomic E-state index is 13.0. The van der Waals surface area contributed by atoms with E-state index in [1.165, 1.54) is 5.56 Å². The average Bonchev–Trinajstić information content (AvgIpc) is 2.74. The highest BCUT2D eigenvalue weighted by Gasteiger charge is 2.39. The molecule has 0 aliphatic carbocycles. The van der Waals surface area contributed by atoms with E-state index in [9.17, 15) is 4.79 Å². The van der Waals surface area contributed by atoms with Gasteiger partial charge in [-0.1, -0.05) is 73.5 Å². The summed E-state index contributed by atoms with van der Waals surface area (Å²) in [5.74, 6) is 0.497. The Balaban J connectivity index is 1.96. The number of fused-ring (bicyclic) bond motifs is 1. The predicted molar refractivity (Wildman–Crippen MR) is 118 cm³/mol. The molecule has 1 aliphatic heterocycles. The summed E-state index contributed by atoms with van der Waals surface area (Å²) < 4.78 is 6.33. The number of aromatic nitrogens is 1. The lowest BCUT2D eigenvalue weighted by molar-refractivity contribution is 0.0313. The molecule has 0 amide bonds. The van der Waals surface area contributed by atoms with Crippen LogP contribution in [-0.2, 0) is 0 Å². The standard InChI is InChI=1S/C25H24ClNO2/c1-4-25(5-2)15-22(28)20-14-19(17-12-10-16(3)11-13-17)23(27-24(20)29-25)18-8-6-7-9-21(18)26/h6-14H,4-5,15H2,1-3H3. The summed E-state index contributed by atoms with van der Waals surface area (Å²) in [4.78, 5) is 17.9. The molecule has 0 bridgehead atoms. The van der Waals surface area contributed by atoms with Gasteiger partial charge in [0.05, 0.1) is 17.7 Å². The molecule has 0 fully saturated rings. The molecule has 0 saturated heterocycles. The van der Waals surface area contributed by atoms with Crippen molar-refractivity contribution in [2.24, 2.45) is 0 Å². The van der Waals surface area contributed by atoms with E-state index >= 15 is 0 Å². The van der Waals surface area contributed by atoms with Gasteiger partial charge in [0.25, 0.3) is 0 Å². The van der Waals surface area contributed by atoms with E-state index in [2.05, 4.69) is 45.0 Å². The van der Waals surface area contributed by atoms with Crippen molar-refractivity contribution in [1.82, 2.24) is 4.98 Å². The Labute approximate surface area is 176 Å². The molecule has 4 heteroatoms. The smallest absolute Gasteiger partial charge is 0.225 e. The summed E-state index contributed by atoms with van der Waals surface area (Å²) in [5.41, 5.74) is 4.68. The molecule has 0 spiro atoms. The third kappa shape index (κ3) is 3.56. The van der Waals surface area contributed by atoms with E-state index in [0.717, 1.165) is 35.2 Å². The molecule has 2 aromatic carbocycles. The van der Waals surface area contributed by atoms with Gasteiger partial charge in [0.2, 0.25) is 5.88 Å². The molecule has 1 aromatic heterocycles. The Kier molecular flexibility index (Phi) is 5.18. The van der Waals surface area contributed by atoms with Crippen molar-refractivity contribution in [2.45, 2.75) is 45.6 Å². The average molecular weight is 406 g/mol. The number of nitrogens with zero attached hydrogens (tertiary/aromatic N) is 1. The van der Waals surface area contributed by atoms with Crippen molar-refractivity contribution < 1.29 is 9.53 Å². The number of carbonyl (C=O) groups is 1. The summed E-state index contributed by atoms with van der Waals surface area (Å²) in [6.07, 6.45) is 1.91. The molecule has 148 valence electrons. The number of Topliss-reactive ketones (excluding diaryl/α,β-unsaturated/α-hetero) is 1. The zero-order chi connectivity index (χ0) is 20.6. The number of aryl methyl sites for hydroxylation is 1. The first-order valence-corrected chi connectivity index (χ1v) is 10.4. The molecule has 0 saturated carbocycles. The van der Waals surface area contributed by atoms with Crippen LogP contribution in [-0.4, -0.2) is 16.4 Å². The van der Waals surface area contributed by atoms with E-state index in [1.54, 1.807) is 0 Å². The van der Waals surface area contributed by atoms with Crippen molar-refractivity contribution in [3.8, 4) is 28.3 Å². The monoisotopic (exact) mass is 405 g/mol. The number of ketones is 1. The first-order valence-electron chi connectivity index (χ1n) is 10.1. The number of ether oxygens (including phenoxy) is 1. The van der Waals surface area contributed by atoms with Crippen LogP contribution in [0, 0.1) is 6.92 Å². The lowest BCUT2D eigenvalue weighted by Gasteiger charge is -2.36. The summed E-state index contributed by atoms with van der Waals surface area (Å²) in [6.45, 7) is 6.16. The van der Waals surface area contributed by atoms with E-state index in [0.29, 0.717) is 22.9 Å².